The van der Waals surface area contributed by atoms with Gasteiger partial charge in [0.15, 0.2) is 16.8 Å². The fraction of sp³-hybridized carbons (Fsp3) is 0.500. The normalized spacial score (nSPS) is 18.8. The van der Waals surface area contributed by atoms with Gasteiger partial charge < -0.3 is 4.90 Å². The van der Waals surface area contributed by atoms with E-state index in [0.29, 0.717) is 5.16 Å². The zero-order chi connectivity index (χ0) is 11.1. The molecule has 3 nitrogen and oxygen atoms in total. The molecule has 0 aliphatic carbocycles. The zero-order valence-corrected chi connectivity index (χ0v) is 8.69. The summed E-state index contributed by atoms with van der Waals surface area (Å²) in [7, 11) is 0. The van der Waals surface area contributed by atoms with Crippen molar-refractivity contribution in [3.63, 3.8) is 0 Å². The van der Waals surface area contributed by atoms with Gasteiger partial charge in [0.2, 0.25) is 0 Å². The number of hydrogen-bond donors (Lipinski definition) is 0. The number of rotatable bonds is 2. The molecule has 0 atom stereocenters. The quantitative estimate of drug-likeness (QED) is 0.577. The molecule has 0 saturated carbocycles. The Hall–Kier alpha value is -0.980. The Balaban J connectivity index is 2.21. The van der Waals surface area contributed by atoms with Crippen LogP contribution in [0.2, 0.25) is 0 Å². The van der Waals surface area contributed by atoms with E-state index in [0.717, 1.165) is 6.20 Å². The molecule has 1 aliphatic rings. The van der Waals surface area contributed by atoms with Gasteiger partial charge in [-0.25, -0.2) is 23.1 Å². The van der Waals surface area contributed by atoms with Crippen molar-refractivity contribution in [2.45, 2.75) is 11.1 Å². The van der Waals surface area contributed by atoms with E-state index in [1.54, 1.807) is 6.26 Å². The number of halogens is 3. The molecule has 1 saturated heterocycles. The highest BCUT2D eigenvalue weighted by Crippen LogP contribution is 2.32. The van der Waals surface area contributed by atoms with E-state index in [9.17, 15) is 13.2 Å². The topological polar surface area (TPSA) is 29.0 Å². The van der Waals surface area contributed by atoms with Gasteiger partial charge in [0.05, 0.1) is 19.3 Å². The molecule has 2 heterocycles. The maximum absolute atomic E-state index is 13.2. The summed E-state index contributed by atoms with van der Waals surface area (Å²) in [4.78, 5) is 8.75. The third-order valence-corrected chi connectivity index (χ3v) is 2.59. The molecule has 0 unspecified atom stereocenters. The number of aromatic nitrogens is 2. The average Bonchev–Trinajstić information content (AvgIpc) is 2.15. The smallest absolute Gasteiger partial charge is 0.282 e. The molecule has 0 spiro atoms. The van der Waals surface area contributed by atoms with Gasteiger partial charge in [-0.05, 0) is 6.26 Å². The van der Waals surface area contributed by atoms with Crippen LogP contribution in [-0.4, -0.2) is 35.2 Å². The summed E-state index contributed by atoms with van der Waals surface area (Å²) in [5, 5.41) is 0.376. The van der Waals surface area contributed by atoms with Crippen molar-refractivity contribution < 1.29 is 13.2 Å². The van der Waals surface area contributed by atoms with Crippen LogP contribution in [0.5, 0.6) is 0 Å². The Bertz CT molecular complexity index is 377. The van der Waals surface area contributed by atoms with Crippen LogP contribution >= 0.6 is 11.8 Å². The lowest BCUT2D eigenvalue weighted by Gasteiger charge is -2.39. The predicted octanol–water partition coefficient (Wildman–Crippen LogP) is 1.79. The largest absolute Gasteiger partial charge is 0.342 e. The minimum Gasteiger partial charge on any atom is -0.342 e. The molecule has 1 aromatic heterocycles. The van der Waals surface area contributed by atoms with Crippen molar-refractivity contribution in [2.24, 2.45) is 0 Å². The van der Waals surface area contributed by atoms with Crippen molar-refractivity contribution >= 4 is 17.6 Å². The first-order valence-electron chi connectivity index (χ1n) is 4.21. The molecule has 15 heavy (non-hydrogen) atoms. The Morgan fingerprint density at radius 3 is 2.67 bits per heavy atom. The maximum atomic E-state index is 13.2. The summed E-state index contributed by atoms with van der Waals surface area (Å²) in [6.45, 7) is -0.955. The fourth-order valence-electron chi connectivity index (χ4n) is 1.32. The highest BCUT2D eigenvalue weighted by atomic mass is 32.2. The van der Waals surface area contributed by atoms with Gasteiger partial charge in [-0.2, -0.15) is 0 Å². The van der Waals surface area contributed by atoms with Gasteiger partial charge >= 0.3 is 0 Å². The first-order chi connectivity index (χ1) is 7.02. The minimum absolute atomic E-state index is 0.0414. The molecule has 1 fully saturated rings. The van der Waals surface area contributed by atoms with Gasteiger partial charge in [-0.1, -0.05) is 11.8 Å². The van der Waals surface area contributed by atoms with Gasteiger partial charge in [-0.3, -0.25) is 0 Å². The number of anilines is 1. The van der Waals surface area contributed by atoms with E-state index in [1.165, 1.54) is 16.7 Å². The number of nitrogens with zero attached hydrogens (tertiary/aromatic N) is 3. The summed E-state index contributed by atoms with van der Waals surface area (Å²) in [6, 6.07) is 0. The van der Waals surface area contributed by atoms with Crippen molar-refractivity contribution in [3.8, 4) is 0 Å². The molecule has 0 N–H and O–H groups in total. The van der Waals surface area contributed by atoms with Crippen molar-refractivity contribution in [1.29, 1.82) is 0 Å². The second kappa shape index (κ2) is 3.55. The molecular weight excluding hydrogens is 227 g/mol. The minimum atomic E-state index is -2.73. The average molecular weight is 235 g/mol. The van der Waals surface area contributed by atoms with Crippen LogP contribution in [0.3, 0.4) is 0 Å². The van der Waals surface area contributed by atoms with Crippen LogP contribution in [0.25, 0.3) is 0 Å². The van der Waals surface area contributed by atoms with Crippen molar-refractivity contribution in [1.82, 2.24) is 9.97 Å². The predicted molar refractivity (Wildman–Crippen MR) is 50.9 cm³/mol. The molecular formula is C8H8F3N3S. The fourth-order valence-corrected chi connectivity index (χ4v) is 1.66. The molecule has 0 amide bonds. The van der Waals surface area contributed by atoms with Gasteiger partial charge in [0.25, 0.3) is 5.92 Å². The molecule has 82 valence electrons. The molecule has 1 aromatic rings. The van der Waals surface area contributed by atoms with Crippen LogP contribution in [0.1, 0.15) is 0 Å². The number of alkyl halides is 2. The summed E-state index contributed by atoms with van der Waals surface area (Å²) < 4.78 is 38.4. The molecule has 2 rings (SSSR count). The first kappa shape index (κ1) is 10.5. The second-order valence-electron chi connectivity index (χ2n) is 3.24. The lowest BCUT2D eigenvalue weighted by Crippen LogP contribution is -2.57. The van der Waals surface area contributed by atoms with Crippen LogP contribution in [0.15, 0.2) is 11.4 Å². The Morgan fingerprint density at radius 1 is 1.47 bits per heavy atom. The molecule has 1 aliphatic heterocycles. The maximum Gasteiger partial charge on any atom is 0.282 e. The van der Waals surface area contributed by atoms with Crippen molar-refractivity contribution in [3.05, 3.63) is 12.0 Å². The lowest BCUT2D eigenvalue weighted by molar-refractivity contribution is -0.0271. The highest BCUT2D eigenvalue weighted by Gasteiger charge is 2.45. The van der Waals surface area contributed by atoms with Crippen molar-refractivity contribution in [2.75, 3.05) is 24.2 Å². The summed E-state index contributed by atoms with van der Waals surface area (Å²) >= 11 is 1.24. The standard InChI is InChI=1S/C8H8F3N3S/c1-15-7-12-2-5(9)6(13-7)14-3-8(10,11)4-14/h2H,3-4H2,1H3. The van der Waals surface area contributed by atoms with E-state index >= 15 is 0 Å². The van der Waals surface area contributed by atoms with E-state index in [4.69, 9.17) is 0 Å². The molecule has 7 heteroatoms. The summed E-state index contributed by atoms with van der Waals surface area (Å²) in [5.74, 6) is -3.43. The Morgan fingerprint density at radius 2 is 2.13 bits per heavy atom. The van der Waals surface area contributed by atoms with Gasteiger partial charge in [0, 0.05) is 0 Å². The van der Waals surface area contributed by atoms with Crippen LogP contribution in [0.4, 0.5) is 19.0 Å². The third-order valence-electron chi connectivity index (χ3n) is 2.03. The number of thioether (sulfide) groups is 1. The molecule has 0 aromatic carbocycles. The second-order valence-corrected chi connectivity index (χ2v) is 4.01. The molecule has 0 radical (unpaired) electrons. The lowest BCUT2D eigenvalue weighted by atomic mass is 10.1. The monoisotopic (exact) mass is 235 g/mol. The van der Waals surface area contributed by atoms with E-state index in [-0.39, 0.29) is 5.82 Å². The highest BCUT2D eigenvalue weighted by molar-refractivity contribution is 7.98. The summed E-state index contributed by atoms with van der Waals surface area (Å²) in [6.07, 6.45) is 2.74. The molecule has 0 bridgehead atoms. The third kappa shape index (κ3) is 2.01. The SMILES string of the molecule is CSc1ncc(F)c(N2CC(F)(F)C2)n1. The van der Waals surface area contributed by atoms with E-state index in [1.807, 2.05) is 0 Å². The Kier molecular flexibility index (Phi) is 2.49. The van der Waals surface area contributed by atoms with Crippen LogP contribution < -0.4 is 4.90 Å². The first-order valence-corrected chi connectivity index (χ1v) is 5.43. The van der Waals surface area contributed by atoms with E-state index < -0.39 is 24.8 Å². The number of hydrogen-bond acceptors (Lipinski definition) is 4. The van der Waals surface area contributed by atoms with Crippen LogP contribution in [0, 0.1) is 5.82 Å². The Labute approximate surface area is 88.7 Å². The zero-order valence-electron chi connectivity index (χ0n) is 7.88. The van der Waals surface area contributed by atoms with Crippen LogP contribution in [-0.2, 0) is 0 Å². The summed E-state index contributed by atoms with van der Waals surface area (Å²) in [5.41, 5.74) is 0. The van der Waals surface area contributed by atoms with E-state index in [2.05, 4.69) is 9.97 Å². The van der Waals surface area contributed by atoms with Gasteiger partial charge in [0.1, 0.15) is 0 Å². The van der Waals surface area contributed by atoms with Gasteiger partial charge in [-0.15, -0.1) is 0 Å².